The minimum Gasteiger partial charge on any atom is -0.466 e. The molecule has 1 fully saturated rings. The third kappa shape index (κ3) is 7.85. The fourth-order valence-corrected chi connectivity index (χ4v) is 6.98. The molecule has 10 nitrogen and oxygen atoms in total. The van der Waals surface area contributed by atoms with E-state index in [1.165, 1.54) is 6.07 Å². The molecule has 0 spiro atoms. The molecule has 1 saturated heterocycles. The van der Waals surface area contributed by atoms with Crippen molar-refractivity contribution in [3.05, 3.63) is 53.6 Å². The predicted octanol–water partition coefficient (Wildman–Crippen LogP) is 4.10. The summed E-state index contributed by atoms with van der Waals surface area (Å²) in [6, 6.07) is 12.3. The molecule has 1 heterocycles. The van der Waals surface area contributed by atoms with Crippen molar-refractivity contribution in [3.8, 4) is 0 Å². The number of carbonyl (C=O) groups is 3. The smallest absolute Gasteiger partial charge is 0.309 e. The first kappa shape index (κ1) is 30.5. The van der Waals surface area contributed by atoms with Crippen LogP contribution in [0.25, 0.3) is 0 Å². The van der Waals surface area contributed by atoms with Crippen LogP contribution in [0.2, 0.25) is 0 Å². The van der Waals surface area contributed by atoms with Crippen LogP contribution in [0.1, 0.15) is 69.5 Å². The number of aryl methyl sites for hydroxylation is 1. The lowest BCUT2D eigenvalue weighted by atomic mass is 9.88. The van der Waals surface area contributed by atoms with Gasteiger partial charge in [-0.25, -0.2) is 13.1 Å². The summed E-state index contributed by atoms with van der Waals surface area (Å²) in [5.41, 5.74) is 2.93. The Kier molecular flexibility index (Phi) is 10.4. The standard InChI is InChI=1S/C30H39N3O7S/c1-3-39-29(35)15-14-28(34)31-23-12-13-26(33-18-16-22(17-19-33)30(36)40-4-2)27(20-23)41(37,38)32-25-11-7-9-21-8-5-6-10-24(21)25/h5-6,8,10,12-13,20,22,25,32H,3-4,7,9,11,14-19H2,1-2H3,(H,31,34)/t25-/m0/s1. The van der Waals surface area contributed by atoms with Gasteiger partial charge in [-0.1, -0.05) is 24.3 Å². The highest BCUT2D eigenvalue weighted by molar-refractivity contribution is 7.89. The highest BCUT2D eigenvalue weighted by atomic mass is 32.2. The summed E-state index contributed by atoms with van der Waals surface area (Å²) in [5, 5.41) is 2.72. The Bertz CT molecular complexity index is 1350. The molecule has 0 aromatic heterocycles. The van der Waals surface area contributed by atoms with Gasteiger partial charge in [0.05, 0.1) is 31.2 Å². The van der Waals surface area contributed by atoms with Crippen molar-refractivity contribution in [2.45, 2.75) is 69.7 Å². The molecule has 4 rings (SSSR count). The van der Waals surface area contributed by atoms with Crippen LogP contribution in [0.5, 0.6) is 0 Å². The molecule has 0 saturated carbocycles. The first-order valence-electron chi connectivity index (χ1n) is 14.3. The zero-order chi connectivity index (χ0) is 29.4. The lowest BCUT2D eigenvalue weighted by Gasteiger charge is -2.34. The second-order valence-corrected chi connectivity index (χ2v) is 12.0. The van der Waals surface area contributed by atoms with Crippen molar-refractivity contribution >= 4 is 39.2 Å². The summed E-state index contributed by atoms with van der Waals surface area (Å²) >= 11 is 0. The minimum absolute atomic E-state index is 0.0540. The Morgan fingerprint density at radius 1 is 0.951 bits per heavy atom. The van der Waals surface area contributed by atoms with E-state index in [1.807, 2.05) is 29.2 Å². The molecule has 1 atom stereocenters. The van der Waals surface area contributed by atoms with Crippen LogP contribution in [0.4, 0.5) is 11.4 Å². The molecule has 2 aromatic carbocycles. The quantitative estimate of drug-likeness (QED) is 0.377. The zero-order valence-electron chi connectivity index (χ0n) is 23.7. The van der Waals surface area contributed by atoms with E-state index in [4.69, 9.17) is 9.47 Å². The van der Waals surface area contributed by atoms with Gasteiger partial charge < -0.3 is 19.7 Å². The largest absolute Gasteiger partial charge is 0.466 e. The van der Waals surface area contributed by atoms with Gasteiger partial charge in [0.25, 0.3) is 0 Å². The molecule has 2 N–H and O–H groups in total. The van der Waals surface area contributed by atoms with Crippen LogP contribution in [-0.4, -0.2) is 52.6 Å². The number of rotatable bonds is 11. The van der Waals surface area contributed by atoms with E-state index in [-0.39, 0.29) is 42.3 Å². The average Bonchev–Trinajstić information content (AvgIpc) is 2.96. The lowest BCUT2D eigenvalue weighted by Crippen LogP contribution is -2.38. The van der Waals surface area contributed by atoms with Gasteiger partial charge in [-0.05, 0) is 75.3 Å². The Labute approximate surface area is 241 Å². The highest BCUT2D eigenvalue weighted by Gasteiger charge is 2.32. The number of hydrogen-bond acceptors (Lipinski definition) is 8. The molecule has 0 radical (unpaired) electrons. The summed E-state index contributed by atoms with van der Waals surface area (Å²) in [6.45, 7) is 5.01. The second-order valence-electron chi connectivity index (χ2n) is 10.3. The average molecular weight is 586 g/mol. The maximum atomic E-state index is 14.0. The number of anilines is 2. The SMILES string of the molecule is CCOC(=O)CCC(=O)Nc1ccc(N2CCC(C(=O)OCC)CC2)c(S(=O)(=O)N[C@H]2CCCc3ccccc32)c1. The monoisotopic (exact) mass is 585 g/mol. The van der Waals surface area contributed by atoms with Crippen LogP contribution in [0.3, 0.4) is 0 Å². The van der Waals surface area contributed by atoms with Crippen molar-refractivity contribution in [2.24, 2.45) is 5.92 Å². The van der Waals surface area contributed by atoms with Gasteiger partial charge in [-0.15, -0.1) is 0 Å². The molecule has 2 aromatic rings. The van der Waals surface area contributed by atoms with E-state index in [0.717, 1.165) is 24.0 Å². The number of sulfonamides is 1. The third-order valence-electron chi connectivity index (χ3n) is 7.52. The van der Waals surface area contributed by atoms with Crippen LogP contribution >= 0.6 is 0 Å². The topological polar surface area (TPSA) is 131 Å². The molecule has 1 amide bonds. The molecule has 1 aliphatic heterocycles. The van der Waals surface area contributed by atoms with Crippen LogP contribution in [0, 0.1) is 5.92 Å². The van der Waals surface area contributed by atoms with Crippen LogP contribution in [0.15, 0.2) is 47.4 Å². The molecule has 11 heteroatoms. The van der Waals surface area contributed by atoms with E-state index < -0.39 is 21.9 Å². The number of esters is 2. The number of hydrogen-bond donors (Lipinski definition) is 2. The summed E-state index contributed by atoms with van der Waals surface area (Å²) in [5.74, 6) is -1.33. The predicted molar refractivity (Wildman–Crippen MR) is 155 cm³/mol. The summed E-state index contributed by atoms with van der Waals surface area (Å²) < 4.78 is 40.9. The van der Waals surface area contributed by atoms with Crippen molar-refractivity contribution in [1.29, 1.82) is 0 Å². The Balaban J connectivity index is 1.58. The minimum atomic E-state index is -4.02. The zero-order valence-corrected chi connectivity index (χ0v) is 24.5. The number of piperidine rings is 1. The maximum absolute atomic E-state index is 14.0. The van der Waals surface area contributed by atoms with Crippen LogP contribution < -0.4 is 14.9 Å². The van der Waals surface area contributed by atoms with E-state index >= 15 is 0 Å². The third-order valence-corrected chi connectivity index (χ3v) is 9.02. The Morgan fingerprint density at radius 2 is 1.68 bits per heavy atom. The summed E-state index contributed by atoms with van der Waals surface area (Å²) in [6.07, 6.45) is 3.41. The first-order valence-corrected chi connectivity index (χ1v) is 15.8. The van der Waals surface area contributed by atoms with E-state index in [0.29, 0.717) is 50.3 Å². The fourth-order valence-electron chi connectivity index (χ4n) is 5.48. The van der Waals surface area contributed by atoms with Gasteiger partial charge in [0.1, 0.15) is 4.90 Å². The molecular formula is C30H39N3O7S. The number of nitrogens with zero attached hydrogens (tertiary/aromatic N) is 1. The van der Waals surface area contributed by atoms with Crippen molar-refractivity contribution in [3.63, 3.8) is 0 Å². The van der Waals surface area contributed by atoms with Gasteiger partial charge in [-0.2, -0.15) is 0 Å². The normalized spacial score (nSPS) is 17.4. The number of ether oxygens (including phenoxy) is 2. The molecular weight excluding hydrogens is 546 g/mol. The Hall–Kier alpha value is -3.44. The number of amides is 1. The number of fused-ring (bicyclic) bond motifs is 1. The van der Waals surface area contributed by atoms with Gasteiger partial charge in [-0.3, -0.25) is 14.4 Å². The molecule has 2 aliphatic rings. The number of carbonyl (C=O) groups excluding carboxylic acids is 3. The van der Waals surface area contributed by atoms with Crippen molar-refractivity contribution in [2.75, 3.05) is 36.5 Å². The van der Waals surface area contributed by atoms with Crippen molar-refractivity contribution in [1.82, 2.24) is 4.72 Å². The van der Waals surface area contributed by atoms with Gasteiger partial charge in [0.15, 0.2) is 0 Å². The van der Waals surface area contributed by atoms with Gasteiger partial charge in [0.2, 0.25) is 15.9 Å². The summed E-state index contributed by atoms with van der Waals surface area (Å²) in [7, 11) is -4.02. The Morgan fingerprint density at radius 3 is 2.41 bits per heavy atom. The molecule has 41 heavy (non-hydrogen) atoms. The van der Waals surface area contributed by atoms with Gasteiger partial charge >= 0.3 is 11.9 Å². The van der Waals surface area contributed by atoms with E-state index in [1.54, 1.807) is 26.0 Å². The molecule has 222 valence electrons. The summed E-state index contributed by atoms with van der Waals surface area (Å²) in [4.78, 5) is 38.5. The first-order chi connectivity index (χ1) is 19.7. The molecule has 0 unspecified atom stereocenters. The molecule has 1 aliphatic carbocycles. The van der Waals surface area contributed by atoms with Crippen molar-refractivity contribution < 1.29 is 32.3 Å². The number of nitrogens with one attached hydrogen (secondary N) is 2. The second kappa shape index (κ2) is 14.0. The number of benzene rings is 2. The lowest BCUT2D eigenvalue weighted by molar-refractivity contribution is -0.148. The van der Waals surface area contributed by atoms with Crippen LogP contribution in [-0.2, 0) is 40.3 Å². The van der Waals surface area contributed by atoms with E-state index in [9.17, 15) is 22.8 Å². The fraction of sp³-hybridized carbons (Fsp3) is 0.500. The highest BCUT2D eigenvalue weighted by Crippen LogP contribution is 2.35. The molecule has 0 bridgehead atoms. The van der Waals surface area contributed by atoms with Gasteiger partial charge in [0, 0.05) is 31.2 Å². The maximum Gasteiger partial charge on any atom is 0.309 e. The van der Waals surface area contributed by atoms with E-state index in [2.05, 4.69) is 10.0 Å².